The largest absolute Gasteiger partial charge is 0.449 e. The number of carbonyl (C=O) groups excluding carboxylic acids is 2. The van der Waals surface area contributed by atoms with Gasteiger partial charge in [-0.3, -0.25) is 9.52 Å². The van der Waals surface area contributed by atoms with Crippen LogP contribution in [0.5, 0.6) is 0 Å². The summed E-state index contributed by atoms with van der Waals surface area (Å²) in [6.45, 7) is 1.15. The zero-order valence-electron chi connectivity index (χ0n) is 17.3. The normalized spacial score (nSPS) is 12.0. The average Bonchev–Trinajstić information content (AvgIpc) is 2.77. The van der Waals surface area contributed by atoms with E-state index in [1.807, 2.05) is 4.72 Å². The van der Waals surface area contributed by atoms with Crippen molar-refractivity contribution in [3.8, 4) is 0 Å². The Bertz CT molecular complexity index is 1370. The molecule has 12 heteroatoms. The maximum absolute atomic E-state index is 13.9. The van der Waals surface area contributed by atoms with Gasteiger partial charge in [0.1, 0.15) is 28.2 Å². The van der Waals surface area contributed by atoms with Crippen molar-refractivity contribution in [1.82, 2.24) is 0 Å². The number of hydrogen-bond acceptors (Lipinski definition) is 5. The van der Waals surface area contributed by atoms with Gasteiger partial charge in [0.05, 0.1) is 16.9 Å². The first-order chi connectivity index (χ1) is 16.0. The molecule has 1 amide bonds. The van der Waals surface area contributed by atoms with E-state index in [0.717, 1.165) is 37.3 Å². The zero-order valence-corrected chi connectivity index (χ0v) is 18.1. The lowest BCUT2D eigenvalue weighted by Gasteiger charge is -2.16. The molecule has 0 aliphatic heterocycles. The Morgan fingerprint density at radius 2 is 1.47 bits per heavy atom. The molecular weight excluding hydrogens is 480 g/mol. The smallest absolute Gasteiger partial charge is 0.341 e. The second-order valence-corrected chi connectivity index (χ2v) is 8.54. The number of halogens is 4. The van der Waals surface area contributed by atoms with Crippen LogP contribution in [0.15, 0.2) is 65.6 Å². The first kappa shape index (κ1) is 24.7. The molecule has 7 nitrogen and oxygen atoms in total. The number of esters is 1. The lowest BCUT2D eigenvalue weighted by Crippen LogP contribution is -2.30. The summed E-state index contributed by atoms with van der Waals surface area (Å²) in [5, 5.41) is 2.07. The Kier molecular flexibility index (Phi) is 7.20. The van der Waals surface area contributed by atoms with Gasteiger partial charge in [-0.2, -0.15) is 0 Å². The molecular formula is C22H16F4N2O5S. The zero-order chi connectivity index (χ0) is 25.0. The molecule has 0 saturated carbocycles. The molecule has 1 atom stereocenters. The van der Waals surface area contributed by atoms with E-state index in [9.17, 15) is 35.6 Å². The lowest BCUT2D eigenvalue weighted by molar-refractivity contribution is -0.123. The highest BCUT2D eigenvalue weighted by Gasteiger charge is 2.25. The van der Waals surface area contributed by atoms with Gasteiger partial charge in [-0.25, -0.2) is 30.8 Å². The first-order valence-corrected chi connectivity index (χ1v) is 11.0. The molecule has 0 aliphatic rings. The third kappa shape index (κ3) is 5.70. The summed E-state index contributed by atoms with van der Waals surface area (Å²) in [7, 11) is -4.65. The molecule has 3 rings (SSSR count). The molecule has 0 radical (unpaired) electrons. The molecule has 3 aromatic rings. The van der Waals surface area contributed by atoms with E-state index in [2.05, 4.69) is 5.32 Å². The van der Waals surface area contributed by atoms with Crippen LogP contribution in [0.25, 0.3) is 0 Å². The molecule has 0 heterocycles. The Hall–Kier alpha value is -3.93. The summed E-state index contributed by atoms with van der Waals surface area (Å²) in [5.74, 6) is -6.08. The summed E-state index contributed by atoms with van der Waals surface area (Å²) in [6, 6.07) is 9.27. The first-order valence-electron chi connectivity index (χ1n) is 9.52. The maximum atomic E-state index is 13.9. The van der Waals surface area contributed by atoms with E-state index >= 15 is 0 Å². The van der Waals surface area contributed by atoms with Gasteiger partial charge in [0.2, 0.25) is 0 Å². The fourth-order valence-corrected chi connectivity index (χ4v) is 3.91. The van der Waals surface area contributed by atoms with Crippen LogP contribution in [0.4, 0.5) is 28.9 Å². The summed E-state index contributed by atoms with van der Waals surface area (Å²) < 4.78 is 86.4. The molecule has 34 heavy (non-hydrogen) atoms. The van der Waals surface area contributed by atoms with Gasteiger partial charge >= 0.3 is 5.97 Å². The molecule has 2 N–H and O–H groups in total. The summed E-state index contributed by atoms with van der Waals surface area (Å²) >= 11 is 0. The van der Waals surface area contributed by atoms with Crippen molar-refractivity contribution in [3.05, 3.63) is 89.5 Å². The number of para-hydroxylation sites is 1. The summed E-state index contributed by atoms with van der Waals surface area (Å²) in [6.07, 6.45) is -1.50. The minimum atomic E-state index is -4.65. The molecule has 0 aromatic heterocycles. The van der Waals surface area contributed by atoms with Crippen LogP contribution in [-0.2, 0) is 19.6 Å². The van der Waals surface area contributed by atoms with Crippen LogP contribution in [0.1, 0.15) is 17.3 Å². The standard InChI is InChI=1S/C22H16F4N2O5S/c1-12(21(29)27-19-10-13(23)6-8-16(19)25)33-22(30)15-4-2-3-5-18(15)28-34(31,32)20-11-14(24)7-9-17(20)26/h2-12,28H,1H3,(H,27,29). The predicted molar refractivity (Wildman–Crippen MR) is 113 cm³/mol. The van der Waals surface area contributed by atoms with Gasteiger partial charge in [-0.15, -0.1) is 0 Å². The number of anilines is 2. The maximum Gasteiger partial charge on any atom is 0.341 e. The Morgan fingerprint density at radius 3 is 2.18 bits per heavy atom. The van der Waals surface area contributed by atoms with Crippen LogP contribution in [-0.4, -0.2) is 26.4 Å². The van der Waals surface area contributed by atoms with Crippen LogP contribution in [0, 0.1) is 23.3 Å². The SMILES string of the molecule is CC(OC(=O)c1ccccc1NS(=O)(=O)c1cc(F)ccc1F)C(=O)Nc1cc(F)ccc1F. The van der Waals surface area contributed by atoms with Crippen molar-refractivity contribution in [2.24, 2.45) is 0 Å². The molecule has 178 valence electrons. The van der Waals surface area contributed by atoms with Crippen molar-refractivity contribution in [1.29, 1.82) is 0 Å². The van der Waals surface area contributed by atoms with Crippen LogP contribution < -0.4 is 10.0 Å². The number of hydrogen-bond donors (Lipinski definition) is 2. The number of nitrogens with one attached hydrogen (secondary N) is 2. The molecule has 0 fully saturated rings. The van der Waals surface area contributed by atoms with E-state index in [1.165, 1.54) is 18.2 Å². The third-order valence-corrected chi connectivity index (χ3v) is 5.79. The molecule has 3 aromatic carbocycles. The predicted octanol–water partition coefficient (Wildman–Crippen LogP) is 4.23. The summed E-state index contributed by atoms with van der Waals surface area (Å²) in [4.78, 5) is 23.9. The lowest BCUT2D eigenvalue weighted by atomic mass is 10.2. The fourth-order valence-electron chi connectivity index (χ4n) is 2.74. The number of amides is 1. The fraction of sp³-hybridized carbons (Fsp3) is 0.0909. The quantitative estimate of drug-likeness (QED) is 0.377. The molecule has 1 unspecified atom stereocenters. The van der Waals surface area contributed by atoms with Gasteiger partial charge in [-0.05, 0) is 49.4 Å². The van der Waals surface area contributed by atoms with Gasteiger partial charge in [0, 0.05) is 6.07 Å². The molecule has 0 saturated heterocycles. The second-order valence-electron chi connectivity index (χ2n) is 6.89. The third-order valence-electron chi connectivity index (χ3n) is 4.41. The highest BCUT2D eigenvalue weighted by Crippen LogP contribution is 2.24. The second kappa shape index (κ2) is 9.91. The number of sulfonamides is 1. The average molecular weight is 496 g/mol. The number of carbonyl (C=O) groups is 2. The molecule has 0 bridgehead atoms. The van der Waals surface area contributed by atoms with E-state index in [0.29, 0.717) is 12.1 Å². The van der Waals surface area contributed by atoms with E-state index in [4.69, 9.17) is 4.74 Å². The molecule has 0 aliphatic carbocycles. The van der Waals surface area contributed by atoms with Crippen molar-refractivity contribution in [2.45, 2.75) is 17.9 Å². The highest BCUT2D eigenvalue weighted by molar-refractivity contribution is 7.92. The van der Waals surface area contributed by atoms with Crippen molar-refractivity contribution >= 4 is 33.3 Å². The van der Waals surface area contributed by atoms with Crippen molar-refractivity contribution < 1.29 is 40.3 Å². The highest BCUT2D eigenvalue weighted by atomic mass is 32.2. The monoisotopic (exact) mass is 496 g/mol. The van der Waals surface area contributed by atoms with E-state index < -0.39 is 61.9 Å². The Balaban J connectivity index is 1.78. The topological polar surface area (TPSA) is 102 Å². The van der Waals surface area contributed by atoms with Crippen molar-refractivity contribution in [3.63, 3.8) is 0 Å². The van der Waals surface area contributed by atoms with E-state index in [1.54, 1.807) is 0 Å². The van der Waals surface area contributed by atoms with Crippen molar-refractivity contribution in [2.75, 3.05) is 10.0 Å². The van der Waals surface area contributed by atoms with Gasteiger partial charge < -0.3 is 10.1 Å². The minimum absolute atomic E-state index is 0.333. The van der Waals surface area contributed by atoms with E-state index in [-0.39, 0.29) is 11.3 Å². The summed E-state index contributed by atoms with van der Waals surface area (Å²) in [5.41, 5.74) is -1.16. The van der Waals surface area contributed by atoms with Gasteiger partial charge in [-0.1, -0.05) is 12.1 Å². The number of ether oxygens (including phenoxy) is 1. The van der Waals surface area contributed by atoms with Gasteiger partial charge in [0.15, 0.2) is 6.10 Å². The van der Waals surface area contributed by atoms with Crippen LogP contribution in [0.2, 0.25) is 0 Å². The molecule has 0 spiro atoms. The van der Waals surface area contributed by atoms with Crippen LogP contribution >= 0.6 is 0 Å². The van der Waals surface area contributed by atoms with Gasteiger partial charge in [0.25, 0.3) is 15.9 Å². The minimum Gasteiger partial charge on any atom is -0.449 e. The number of benzene rings is 3. The Labute approximate surface area is 191 Å². The Morgan fingerprint density at radius 1 is 0.853 bits per heavy atom. The number of rotatable bonds is 7. The van der Waals surface area contributed by atoms with Crippen LogP contribution in [0.3, 0.4) is 0 Å².